The molecule has 0 bridgehead atoms. The molecule has 1 aliphatic rings. The number of thiophene rings is 1. The topological polar surface area (TPSA) is 64.6 Å². The highest BCUT2D eigenvalue weighted by Crippen LogP contribution is 2.50. The summed E-state index contributed by atoms with van der Waals surface area (Å²) in [5.74, 6) is -0.180. The number of carbonyl (C=O) groups excluding carboxylic acids is 2. The van der Waals surface area contributed by atoms with Gasteiger partial charge in [-0.2, -0.15) is 4.39 Å². The Morgan fingerprint density at radius 2 is 1.69 bits per heavy atom. The van der Waals surface area contributed by atoms with Crippen molar-refractivity contribution in [3.8, 4) is 21.6 Å². The van der Waals surface area contributed by atoms with Crippen LogP contribution in [0.4, 0.5) is 14.9 Å². The van der Waals surface area contributed by atoms with E-state index in [0.717, 1.165) is 52.0 Å². The lowest BCUT2D eigenvalue weighted by atomic mass is 9.92. The van der Waals surface area contributed by atoms with E-state index in [-0.39, 0.29) is 5.97 Å². The Kier molecular flexibility index (Phi) is 7.73. The molecule has 1 fully saturated rings. The Morgan fingerprint density at radius 3 is 2.33 bits per heavy atom. The molecule has 1 aromatic heterocycles. The van der Waals surface area contributed by atoms with Crippen molar-refractivity contribution in [2.45, 2.75) is 38.2 Å². The quantitative estimate of drug-likeness (QED) is 0.218. The van der Waals surface area contributed by atoms with Crippen molar-refractivity contribution < 1.29 is 23.5 Å². The SMILES string of the molecule is CCOC(=O)C1(c2ccc(-c3ccccc3-c3sc(F)cc3NC(=O)OC(C)c3ccc(Cl)cc3)cc2)CC1. The number of hydrogen-bond donors (Lipinski definition) is 1. The molecule has 39 heavy (non-hydrogen) atoms. The summed E-state index contributed by atoms with van der Waals surface area (Å²) >= 11 is 6.89. The summed E-state index contributed by atoms with van der Waals surface area (Å²) in [7, 11) is 0. The van der Waals surface area contributed by atoms with Crippen LogP contribution in [0.5, 0.6) is 0 Å². The molecule has 0 spiro atoms. The number of nitrogens with one attached hydrogen (secondary N) is 1. The number of esters is 1. The molecule has 1 amide bonds. The number of halogens is 2. The lowest BCUT2D eigenvalue weighted by molar-refractivity contribution is -0.146. The maximum absolute atomic E-state index is 14.5. The van der Waals surface area contributed by atoms with Gasteiger partial charge in [-0.1, -0.05) is 72.3 Å². The monoisotopic (exact) mass is 563 g/mol. The van der Waals surface area contributed by atoms with Crippen LogP contribution >= 0.6 is 22.9 Å². The third kappa shape index (κ3) is 5.70. The highest BCUT2D eigenvalue weighted by Gasteiger charge is 2.52. The van der Waals surface area contributed by atoms with Crippen LogP contribution in [0.3, 0.4) is 0 Å². The standard InChI is InChI=1S/C31H27ClFNO4S/c1-3-37-29(35)31(16-17-31)22-12-8-21(9-13-22)24-6-4-5-7-25(24)28-26(18-27(33)39-28)34-30(36)38-19(2)20-10-14-23(32)15-11-20/h4-15,18-19H,3,16-17H2,1-2H3,(H,34,36). The van der Waals surface area contributed by atoms with Crippen molar-refractivity contribution in [1.29, 1.82) is 0 Å². The summed E-state index contributed by atoms with van der Waals surface area (Å²) in [5.41, 5.74) is 4.05. The second kappa shape index (κ2) is 11.2. The molecule has 1 aliphatic carbocycles. The Bertz CT molecular complexity index is 1500. The zero-order valence-electron chi connectivity index (χ0n) is 21.5. The minimum absolute atomic E-state index is 0.180. The van der Waals surface area contributed by atoms with Gasteiger partial charge in [0, 0.05) is 16.7 Å². The molecule has 0 saturated heterocycles. The predicted molar refractivity (Wildman–Crippen MR) is 153 cm³/mol. The Balaban J connectivity index is 1.38. The first kappa shape index (κ1) is 26.9. The fourth-order valence-electron chi connectivity index (χ4n) is 4.66. The Morgan fingerprint density at radius 1 is 1.03 bits per heavy atom. The van der Waals surface area contributed by atoms with Gasteiger partial charge in [0.2, 0.25) is 0 Å². The van der Waals surface area contributed by atoms with Crippen LogP contribution < -0.4 is 5.32 Å². The first-order valence-electron chi connectivity index (χ1n) is 12.7. The van der Waals surface area contributed by atoms with Crippen LogP contribution in [0.15, 0.2) is 78.9 Å². The molecule has 5 nitrogen and oxygen atoms in total. The van der Waals surface area contributed by atoms with Gasteiger partial charge in [0.05, 0.1) is 22.6 Å². The van der Waals surface area contributed by atoms with Gasteiger partial charge in [-0.15, -0.1) is 11.3 Å². The van der Waals surface area contributed by atoms with Crippen LogP contribution in [0.25, 0.3) is 21.6 Å². The first-order valence-corrected chi connectivity index (χ1v) is 13.9. The third-order valence-corrected chi connectivity index (χ3v) is 8.11. The number of hydrogen-bond acceptors (Lipinski definition) is 5. The normalized spacial score (nSPS) is 14.4. The van der Waals surface area contributed by atoms with Crippen LogP contribution in [0, 0.1) is 5.13 Å². The minimum atomic E-state index is -0.688. The van der Waals surface area contributed by atoms with Crippen molar-refractivity contribution in [2.24, 2.45) is 0 Å². The molecule has 5 rings (SSSR count). The van der Waals surface area contributed by atoms with E-state index in [1.54, 1.807) is 31.2 Å². The summed E-state index contributed by atoms with van der Waals surface area (Å²) in [5, 5.41) is 2.88. The molecule has 8 heteroatoms. The van der Waals surface area contributed by atoms with Gasteiger partial charge in [0.1, 0.15) is 6.10 Å². The van der Waals surface area contributed by atoms with Gasteiger partial charge in [0.15, 0.2) is 5.13 Å². The number of amides is 1. The molecule has 200 valence electrons. The average Bonchev–Trinajstić information content (AvgIpc) is 3.67. The number of carbonyl (C=O) groups is 2. The Hall–Kier alpha value is -3.68. The van der Waals surface area contributed by atoms with Crippen molar-refractivity contribution in [2.75, 3.05) is 11.9 Å². The molecule has 1 saturated carbocycles. The van der Waals surface area contributed by atoms with E-state index in [0.29, 0.717) is 22.2 Å². The van der Waals surface area contributed by atoms with Gasteiger partial charge >= 0.3 is 12.1 Å². The summed E-state index contributed by atoms with van der Waals surface area (Å²) < 4.78 is 25.4. The molecular weight excluding hydrogens is 537 g/mol. The molecule has 1 heterocycles. The highest BCUT2D eigenvalue weighted by molar-refractivity contribution is 7.14. The van der Waals surface area contributed by atoms with E-state index >= 15 is 0 Å². The second-order valence-corrected chi connectivity index (χ2v) is 10.9. The summed E-state index contributed by atoms with van der Waals surface area (Å²) in [6, 6.07) is 23.8. The van der Waals surface area contributed by atoms with Crippen LogP contribution in [0.1, 0.15) is 43.9 Å². The maximum Gasteiger partial charge on any atom is 0.412 e. The van der Waals surface area contributed by atoms with Crippen molar-refractivity contribution in [3.63, 3.8) is 0 Å². The number of ether oxygens (including phenoxy) is 2. The second-order valence-electron chi connectivity index (χ2n) is 9.44. The first-order chi connectivity index (χ1) is 18.8. The smallest absolute Gasteiger partial charge is 0.412 e. The van der Waals surface area contributed by atoms with Crippen molar-refractivity contribution in [3.05, 3.63) is 100 Å². The third-order valence-electron chi connectivity index (χ3n) is 6.90. The van der Waals surface area contributed by atoms with Gasteiger partial charge in [-0.05, 0) is 61.1 Å². The lowest BCUT2D eigenvalue weighted by Gasteiger charge is -2.16. The zero-order valence-corrected chi connectivity index (χ0v) is 23.1. The van der Waals surface area contributed by atoms with Crippen molar-refractivity contribution in [1.82, 2.24) is 0 Å². The van der Waals surface area contributed by atoms with Crippen molar-refractivity contribution >= 4 is 40.7 Å². The van der Waals surface area contributed by atoms with E-state index in [2.05, 4.69) is 5.32 Å². The maximum atomic E-state index is 14.5. The van der Waals surface area contributed by atoms with Gasteiger partial charge in [0.25, 0.3) is 0 Å². The largest absolute Gasteiger partial charge is 0.465 e. The summed E-state index contributed by atoms with van der Waals surface area (Å²) in [6.07, 6.45) is 0.340. The molecule has 0 aliphatic heterocycles. The number of anilines is 1. The Labute approximate surface area is 235 Å². The van der Waals surface area contributed by atoms with Gasteiger partial charge in [-0.25, -0.2) is 4.79 Å². The number of benzene rings is 3. The molecular formula is C31H27ClFNO4S. The summed E-state index contributed by atoms with van der Waals surface area (Å²) in [6.45, 7) is 3.92. The van der Waals surface area contributed by atoms with Gasteiger partial charge < -0.3 is 9.47 Å². The molecule has 0 radical (unpaired) electrons. The van der Waals surface area contributed by atoms with Crippen LogP contribution in [-0.4, -0.2) is 18.7 Å². The van der Waals surface area contributed by atoms with Crippen LogP contribution in [0.2, 0.25) is 5.02 Å². The fourth-order valence-corrected chi connectivity index (χ4v) is 5.67. The fraction of sp³-hybridized carbons (Fsp3) is 0.226. The van der Waals surface area contributed by atoms with E-state index in [1.165, 1.54) is 6.07 Å². The van der Waals surface area contributed by atoms with Crippen LogP contribution in [-0.2, 0) is 19.7 Å². The average molecular weight is 564 g/mol. The van der Waals surface area contributed by atoms with E-state index in [4.69, 9.17) is 21.1 Å². The molecule has 3 aromatic carbocycles. The molecule has 1 N–H and O–H groups in total. The van der Waals surface area contributed by atoms with E-state index in [9.17, 15) is 14.0 Å². The van der Waals surface area contributed by atoms with Gasteiger partial charge in [-0.3, -0.25) is 10.1 Å². The minimum Gasteiger partial charge on any atom is -0.465 e. The lowest BCUT2D eigenvalue weighted by Crippen LogP contribution is -2.23. The highest BCUT2D eigenvalue weighted by atomic mass is 35.5. The predicted octanol–water partition coefficient (Wildman–Crippen LogP) is 8.78. The van der Waals surface area contributed by atoms with E-state index < -0.39 is 22.7 Å². The van der Waals surface area contributed by atoms with E-state index in [1.807, 2.05) is 55.5 Å². The molecule has 1 atom stereocenters. The molecule has 1 unspecified atom stereocenters. The number of rotatable bonds is 8. The molecule has 4 aromatic rings. The summed E-state index contributed by atoms with van der Waals surface area (Å²) in [4.78, 5) is 25.8. The zero-order chi connectivity index (χ0) is 27.6.